The van der Waals surface area contributed by atoms with E-state index < -0.39 is 17.1 Å². The molecule has 0 fully saturated rings. The highest BCUT2D eigenvalue weighted by Gasteiger charge is 2.17. The van der Waals surface area contributed by atoms with E-state index in [1.54, 1.807) is 6.07 Å². The summed E-state index contributed by atoms with van der Waals surface area (Å²) < 4.78 is 20.6. The van der Waals surface area contributed by atoms with Crippen molar-refractivity contribution in [3.63, 3.8) is 0 Å². The molecule has 0 atom stereocenters. The van der Waals surface area contributed by atoms with Crippen LogP contribution in [0.25, 0.3) is 0 Å². The van der Waals surface area contributed by atoms with Crippen LogP contribution >= 0.6 is 15.9 Å². The molecule has 0 amide bonds. The second-order valence-corrected chi connectivity index (χ2v) is 5.03. The van der Waals surface area contributed by atoms with Crippen LogP contribution in [0.15, 0.2) is 32.3 Å². The highest BCUT2D eigenvalue weighted by molar-refractivity contribution is 9.10. The number of benzene rings is 1. The standard InChI is InChI=1S/C13H9BrFN3O3/c1-17-11(19)8(6-16)12(18(2)13(17)20)21-7-3-4-10(15)9(14)5-7/h3-5H,1-2H3. The number of hydrogen-bond donors (Lipinski definition) is 0. The molecule has 1 aromatic heterocycles. The van der Waals surface area contributed by atoms with Gasteiger partial charge in [-0.3, -0.25) is 13.9 Å². The normalized spacial score (nSPS) is 10.2. The molecule has 2 rings (SSSR count). The third-order valence-electron chi connectivity index (χ3n) is 2.83. The third kappa shape index (κ3) is 2.60. The Morgan fingerprint density at radius 2 is 1.95 bits per heavy atom. The fraction of sp³-hybridized carbons (Fsp3) is 0.154. The number of hydrogen-bond acceptors (Lipinski definition) is 4. The molecule has 0 spiro atoms. The Balaban J connectivity index is 2.65. The fourth-order valence-electron chi connectivity index (χ4n) is 1.69. The van der Waals surface area contributed by atoms with E-state index in [-0.39, 0.29) is 21.7 Å². The summed E-state index contributed by atoms with van der Waals surface area (Å²) in [5.41, 5.74) is -1.69. The molecule has 6 nitrogen and oxygen atoms in total. The molecule has 0 N–H and O–H groups in total. The molecule has 0 bridgehead atoms. The number of rotatable bonds is 2. The second-order valence-electron chi connectivity index (χ2n) is 4.18. The van der Waals surface area contributed by atoms with Crippen LogP contribution in [0.4, 0.5) is 4.39 Å². The Bertz CT molecular complexity index is 880. The van der Waals surface area contributed by atoms with Gasteiger partial charge in [0, 0.05) is 14.1 Å². The zero-order chi connectivity index (χ0) is 15.7. The number of nitriles is 1. The van der Waals surface area contributed by atoms with Gasteiger partial charge in [-0.2, -0.15) is 5.26 Å². The zero-order valence-electron chi connectivity index (χ0n) is 11.1. The van der Waals surface area contributed by atoms with Crippen molar-refractivity contribution in [2.24, 2.45) is 14.1 Å². The Morgan fingerprint density at radius 3 is 2.52 bits per heavy atom. The maximum absolute atomic E-state index is 13.2. The van der Waals surface area contributed by atoms with E-state index in [0.717, 1.165) is 15.2 Å². The van der Waals surface area contributed by atoms with E-state index >= 15 is 0 Å². The minimum absolute atomic E-state index is 0.160. The van der Waals surface area contributed by atoms with Crippen LogP contribution in [0.5, 0.6) is 11.6 Å². The molecular formula is C13H9BrFN3O3. The maximum Gasteiger partial charge on any atom is 0.333 e. The van der Waals surface area contributed by atoms with Crippen LogP contribution in [0, 0.1) is 17.1 Å². The highest BCUT2D eigenvalue weighted by atomic mass is 79.9. The Labute approximate surface area is 126 Å². The van der Waals surface area contributed by atoms with Gasteiger partial charge in [-0.05, 0) is 34.1 Å². The van der Waals surface area contributed by atoms with Gasteiger partial charge in [-0.1, -0.05) is 0 Å². The minimum Gasteiger partial charge on any atom is -0.439 e. The van der Waals surface area contributed by atoms with E-state index in [2.05, 4.69) is 15.9 Å². The van der Waals surface area contributed by atoms with Crippen LogP contribution in [0.3, 0.4) is 0 Å². The SMILES string of the molecule is Cn1c(Oc2ccc(F)c(Br)c2)c(C#N)c(=O)n(C)c1=O. The van der Waals surface area contributed by atoms with Gasteiger partial charge in [-0.25, -0.2) is 9.18 Å². The van der Waals surface area contributed by atoms with E-state index in [1.807, 2.05) is 0 Å². The summed E-state index contributed by atoms with van der Waals surface area (Å²) >= 11 is 3.00. The van der Waals surface area contributed by atoms with Gasteiger partial charge in [0.25, 0.3) is 5.56 Å². The Hall–Kier alpha value is -2.40. The molecule has 0 unspecified atom stereocenters. The fourth-order valence-corrected chi connectivity index (χ4v) is 2.05. The van der Waals surface area contributed by atoms with Gasteiger partial charge in [-0.15, -0.1) is 0 Å². The molecule has 0 aliphatic heterocycles. The predicted octanol–water partition coefficient (Wildman–Crippen LogP) is 1.65. The van der Waals surface area contributed by atoms with Crippen LogP contribution in [-0.4, -0.2) is 9.13 Å². The number of ether oxygens (including phenoxy) is 1. The van der Waals surface area contributed by atoms with Crippen molar-refractivity contribution in [3.8, 4) is 17.7 Å². The summed E-state index contributed by atoms with van der Waals surface area (Å²) in [6.45, 7) is 0. The molecule has 1 aromatic carbocycles. The molecule has 0 aliphatic carbocycles. The summed E-state index contributed by atoms with van der Waals surface area (Å²) in [5.74, 6) is -0.493. The summed E-state index contributed by atoms with van der Waals surface area (Å²) in [6.07, 6.45) is 0. The van der Waals surface area contributed by atoms with Gasteiger partial charge >= 0.3 is 5.69 Å². The van der Waals surface area contributed by atoms with E-state index in [4.69, 9.17) is 10.00 Å². The van der Waals surface area contributed by atoms with Crippen molar-refractivity contribution in [1.82, 2.24) is 9.13 Å². The summed E-state index contributed by atoms with van der Waals surface area (Å²) in [6, 6.07) is 5.53. The molecule has 0 saturated heterocycles. The molecule has 2 aromatic rings. The second kappa shape index (κ2) is 5.54. The first-order valence-corrected chi connectivity index (χ1v) is 6.49. The van der Waals surface area contributed by atoms with Crippen LogP contribution in [-0.2, 0) is 14.1 Å². The number of nitrogens with zero attached hydrogens (tertiary/aromatic N) is 3. The Morgan fingerprint density at radius 1 is 1.29 bits per heavy atom. The van der Waals surface area contributed by atoms with Gasteiger partial charge in [0.15, 0.2) is 5.56 Å². The van der Waals surface area contributed by atoms with Gasteiger partial charge in [0.2, 0.25) is 5.88 Å². The number of halogens is 2. The van der Waals surface area contributed by atoms with E-state index in [9.17, 15) is 14.0 Å². The number of aromatic nitrogens is 2. The van der Waals surface area contributed by atoms with Gasteiger partial charge < -0.3 is 4.74 Å². The van der Waals surface area contributed by atoms with E-state index in [0.29, 0.717) is 0 Å². The lowest BCUT2D eigenvalue weighted by atomic mass is 10.3. The van der Waals surface area contributed by atoms with Gasteiger partial charge in [0.1, 0.15) is 17.6 Å². The molecule has 8 heteroatoms. The lowest BCUT2D eigenvalue weighted by molar-refractivity contribution is 0.420. The summed E-state index contributed by atoms with van der Waals surface area (Å²) in [5, 5.41) is 9.09. The summed E-state index contributed by atoms with van der Waals surface area (Å²) in [7, 11) is 2.64. The maximum atomic E-state index is 13.2. The average molecular weight is 354 g/mol. The molecule has 108 valence electrons. The van der Waals surface area contributed by atoms with Crippen LogP contribution in [0.2, 0.25) is 0 Å². The first-order chi connectivity index (χ1) is 9.86. The Kier molecular flexibility index (Phi) is 3.95. The van der Waals surface area contributed by atoms with Crippen molar-refractivity contribution < 1.29 is 9.13 Å². The van der Waals surface area contributed by atoms with Crippen LogP contribution < -0.4 is 16.0 Å². The molecule has 0 radical (unpaired) electrons. The molecule has 0 saturated carbocycles. The average Bonchev–Trinajstić information content (AvgIpc) is 2.46. The van der Waals surface area contributed by atoms with Crippen molar-refractivity contribution in [2.75, 3.05) is 0 Å². The molecule has 1 heterocycles. The van der Waals surface area contributed by atoms with Crippen molar-refractivity contribution in [1.29, 1.82) is 5.26 Å². The molecular weight excluding hydrogens is 345 g/mol. The first-order valence-electron chi connectivity index (χ1n) is 5.69. The third-order valence-corrected chi connectivity index (χ3v) is 3.44. The van der Waals surface area contributed by atoms with Crippen molar-refractivity contribution in [2.45, 2.75) is 0 Å². The first kappa shape index (κ1) is 15.0. The predicted molar refractivity (Wildman–Crippen MR) is 75.8 cm³/mol. The van der Waals surface area contributed by atoms with Crippen molar-refractivity contribution in [3.05, 3.63) is 54.9 Å². The summed E-state index contributed by atoms with van der Waals surface area (Å²) in [4.78, 5) is 23.7. The lowest BCUT2D eigenvalue weighted by Gasteiger charge is -2.12. The monoisotopic (exact) mass is 353 g/mol. The largest absolute Gasteiger partial charge is 0.439 e. The zero-order valence-corrected chi connectivity index (χ0v) is 12.6. The lowest BCUT2D eigenvalue weighted by Crippen LogP contribution is -2.38. The minimum atomic E-state index is -0.753. The highest BCUT2D eigenvalue weighted by Crippen LogP contribution is 2.26. The topological polar surface area (TPSA) is 77.0 Å². The van der Waals surface area contributed by atoms with Gasteiger partial charge in [0.05, 0.1) is 4.47 Å². The van der Waals surface area contributed by atoms with E-state index in [1.165, 1.54) is 26.2 Å². The molecule has 21 heavy (non-hydrogen) atoms. The smallest absolute Gasteiger partial charge is 0.333 e. The molecule has 0 aliphatic rings. The van der Waals surface area contributed by atoms with Crippen molar-refractivity contribution >= 4 is 15.9 Å². The van der Waals surface area contributed by atoms with Crippen LogP contribution in [0.1, 0.15) is 5.56 Å². The quantitative estimate of drug-likeness (QED) is 0.822.